The van der Waals surface area contributed by atoms with Crippen LogP contribution in [-0.4, -0.2) is 99.0 Å². The fourth-order valence-corrected chi connectivity index (χ4v) is 7.99. The van der Waals surface area contributed by atoms with E-state index in [0.29, 0.717) is 76.2 Å². The lowest BCUT2D eigenvalue weighted by Crippen LogP contribution is -2.54. The highest BCUT2D eigenvalue weighted by Crippen LogP contribution is 2.39. The summed E-state index contributed by atoms with van der Waals surface area (Å²) >= 11 is 6.69. The van der Waals surface area contributed by atoms with Crippen LogP contribution in [0, 0.1) is 11.3 Å². The van der Waals surface area contributed by atoms with Gasteiger partial charge in [-0.05, 0) is 85.1 Å². The van der Waals surface area contributed by atoms with Gasteiger partial charge in [0.25, 0.3) is 11.8 Å². The zero-order chi connectivity index (χ0) is 46.9. The second-order valence-electron chi connectivity index (χ2n) is 15.2. The molecular weight excluding hydrogens is 884 g/mol. The lowest BCUT2D eigenvalue weighted by molar-refractivity contribution is -0.136. The maximum absolute atomic E-state index is 13.6. The summed E-state index contributed by atoms with van der Waals surface area (Å²) < 4.78 is 40.7. The predicted molar refractivity (Wildman–Crippen MR) is 244 cm³/mol. The number of fused-ring (bicyclic) bond motifs is 2. The Kier molecular flexibility index (Phi) is 14.6. The van der Waals surface area contributed by atoms with Gasteiger partial charge in [0.05, 0.1) is 79.4 Å². The Morgan fingerprint density at radius 1 is 0.746 bits per heavy atom. The zero-order valence-electron chi connectivity index (χ0n) is 36.2. The molecule has 0 bridgehead atoms. The van der Waals surface area contributed by atoms with Crippen LogP contribution in [0.4, 0.5) is 0 Å². The van der Waals surface area contributed by atoms with Gasteiger partial charge in [-0.25, -0.2) is 0 Å². The maximum Gasteiger partial charge on any atom is 0.266 e. The average Bonchev–Trinajstić information content (AvgIpc) is 3.59. The largest absolute Gasteiger partial charge is 0.493 e. The number of hydrogen-bond acceptors (Lipinski definition) is 14. The summed E-state index contributed by atoms with van der Waals surface area (Å²) in [5, 5.41) is 12.7. The summed E-state index contributed by atoms with van der Waals surface area (Å²) in [7, 11) is 0. The molecule has 4 heterocycles. The normalized spacial score (nSPS) is 14.5. The quantitative estimate of drug-likeness (QED) is 0.0604. The van der Waals surface area contributed by atoms with E-state index in [1.807, 2.05) is 25.1 Å². The van der Waals surface area contributed by atoms with E-state index in [9.17, 15) is 29.2 Å². The molecule has 1 unspecified atom stereocenters. The van der Waals surface area contributed by atoms with Gasteiger partial charge in [0, 0.05) is 47.6 Å². The van der Waals surface area contributed by atoms with E-state index in [2.05, 4.69) is 16.4 Å². The number of carbonyl (C=O) groups is 4. The molecule has 2 aliphatic rings. The van der Waals surface area contributed by atoms with E-state index in [0.717, 1.165) is 16.0 Å². The molecule has 4 aromatic carbocycles. The van der Waals surface area contributed by atoms with Crippen molar-refractivity contribution in [1.82, 2.24) is 15.2 Å². The Balaban J connectivity index is 0.764. The van der Waals surface area contributed by atoms with Crippen LogP contribution >= 0.6 is 11.6 Å². The van der Waals surface area contributed by atoms with Gasteiger partial charge in [-0.1, -0.05) is 23.7 Å². The number of pyridine rings is 1. The first kappa shape index (κ1) is 46.1. The van der Waals surface area contributed by atoms with Crippen LogP contribution in [0.3, 0.4) is 0 Å². The molecule has 0 saturated carbocycles. The number of nitrogens with zero attached hydrogens (tertiary/aromatic N) is 3. The Labute approximate surface area is 388 Å². The van der Waals surface area contributed by atoms with Crippen LogP contribution in [0.2, 0.25) is 5.02 Å². The van der Waals surface area contributed by atoms with Crippen molar-refractivity contribution in [1.29, 1.82) is 5.26 Å². The lowest BCUT2D eigenvalue weighted by atomic mass is 9.95. The number of nitriles is 1. The van der Waals surface area contributed by atoms with Crippen molar-refractivity contribution in [3.63, 3.8) is 0 Å². The molecule has 0 spiro atoms. The van der Waals surface area contributed by atoms with E-state index in [1.54, 1.807) is 67.0 Å². The number of nitrogens with one attached hydrogen (secondary N) is 1. The average molecular weight is 927 g/mol. The van der Waals surface area contributed by atoms with Crippen molar-refractivity contribution in [2.24, 2.45) is 0 Å². The summed E-state index contributed by atoms with van der Waals surface area (Å²) in [6.07, 6.45) is 3.50. The van der Waals surface area contributed by atoms with Gasteiger partial charge in [0.2, 0.25) is 11.8 Å². The van der Waals surface area contributed by atoms with Gasteiger partial charge in [-0.3, -0.25) is 39.2 Å². The number of carbonyl (C=O) groups excluding carboxylic acids is 4. The number of aromatic nitrogens is 1. The molecule has 1 saturated heterocycles. The first-order valence-corrected chi connectivity index (χ1v) is 21.8. The molecule has 1 N–H and O–H groups in total. The molecule has 16 nitrogen and oxygen atoms in total. The van der Waals surface area contributed by atoms with Crippen molar-refractivity contribution >= 4 is 46.2 Å². The molecule has 17 heteroatoms. The summed E-state index contributed by atoms with van der Waals surface area (Å²) in [6, 6.07) is 24.9. The first-order valence-electron chi connectivity index (χ1n) is 21.5. The number of imide groups is 2. The minimum atomic E-state index is -1.06. The van der Waals surface area contributed by atoms with E-state index in [1.165, 1.54) is 12.1 Å². The smallest absolute Gasteiger partial charge is 0.266 e. The number of rotatable bonds is 20. The highest BCUT2D eigenvalue weighted by molar-refractivity contribution is 6.33. The molecule has 0 aliphatic carbocycles. The molecule has 1 atom stereocenters. The number of benzene rings is 4. The van der Waals surface area contributed by atoms with E-state index < -0.39 is 29.7 Å². The highest BCUT2D eigenvalue weighted by Gasteiger charge is 2.46. The van der Waals surface area contributed by atoms with Gasteiger partial charge in [0.15, 0.2) is 5.43 Å². The summed E-state index contributed by atoms with van der Waals surface area (Å²) in [6.45, 7) is 4.25. The molecule has 6 aromatic rings. The van der Waals surface area contributed by atoms with Crippen LogP contribution in [0.25, 0.3) is 44.5 Å². The maximum atomic E-state index is 13.6. The summed E-state index contributed by atoms with van der Waals surface area (Å²) in [5.41, 5.74) is 4.16. The number of halogens is 1. The number of ether oxygens (including phenoxy) is 6. The van der Waals surface area contributed by atoms with Gasteiger partial charge in [-0.2, -0.15) is 5.26 Å². The van der Waals surface area contributed by atoms with Crippen LogP contribution in [0.15, 0.2) is 107 Å². The molecule has 8 rings (SSSR count). The number of hydrogen-bond donors (Lipinski definition) is 1. The highest BCUT2D eigenvalue weighted by atomic mass is 35.5. The minimum Gasteiger partial charge on any atom is -0.493 e. The van der Waals surface area contributed by atoms with Crippen LogP contribution in [-0.2, 0) is 23.8 Å². The van der Waals surface area contributed by atoms with Gasteiger partial charge < -0.3 is 32.8 Å². The Morgan fingerprint density at radius 2 is 1.49 bits per heavy atom. The van der Waals surface area contributed by atoms with E-state index in [-0.39, 0.29) is 73.9 Å². The second-order valence-corrected chi connectivity index (χ2v) is 15.6. The van der Waals surface area contributed by atoms with Crippen molar-refractivity contribution in [3.8, 4) is 56.9 Å². The fraction of sp³-hybridized carbons (Fsp3) is 0.260. The number of piperidine rings is 1. The topological polar surface area (TPSA) is 206 Å². The Bertz CT molecular complexity index is 2950. The van der Waals surface area contributed by atoms with Crippen molar-refractivity contribution in [3.05, 3.63) is 129 Å². The monoisotopic (exact) mass is 926 g/mol. The molecule has 67 heavy (non-hydrogen) atoms. The van der Waals surface area contributed by atoms with Crippen LogP contribution in [0.1, 0.15) is 46.0 Å². The van der Waals surface area contributed by atoms with Gasteiger partial charge in [-0.15, -0.1) is 0 Å². The van der Waals surface area contributed by atoms with Crippen molar-refractivity contribution in [2.45, 2.75) is 25.8 Å². The molecule has 4 amide bonds. The predicted octanol–water partition coefficient (Wildman–Crippen LogP) is 7.02. The van der Waals surface area contributed by atoms with E-state index >= 15 is 0 Å². The second kappa shape index (κ2) is 21.3. The molecule has 2 aromatic heterocycles. The van der Waals surface area contributed by atoms with Crippen molar-refractivity contribution in [2.75, 3.05) is 59.5 Å². The Morgan fingerprint density at radius 3 is 2.19 bits per heavy atom. The first-order chi connectivity index (χ1) is 32.6. The fourth-order valence-electron chi connectivity index (χ4n) is 7.72. The molecule has 1 fully saturated rings. The third-order valence-corrected chi connectivity index (χ3v) is 11.2. The molecular formula is C50H43ClN4O12. The van der Waals surface area contributed by atoms with Crippen LogP contribution in [0.5, 0.6) is 17.2 Å². The van der Waals surface area contributed by atoms with Crippen LogP contribution < -0.4 is 25.0 Å². The lowest BCUT2D eigenvalue weighted by Gasteiger charge is -2.27. The summed E-state index contributed by atoms with van der Waals surface area (Å²) in [4.78, 5) is 68.9. The standard InChI is InChI=1S/C50H43ClN4O12/c1-2-64-43-27-45-38(25-37(43)33-22-30(28-52)21-32(23-33)31-5-4-12-53-29-31)41(56)26-44(67-45)35-9-8-34(24-39(35)51)65-19-17-62-15-13-61-14-16-63-18-20-66-42-7-3-6-36-47(42)50(60)55(49(36)59)40-10-11-46(57)54-48(40)58/h3-9,12,21-27,29,40H,2,10-11,13-20H2,1H3,(H,54,57,58). The Hall–Kier alpha value is -7.42. The van der Waals surface area contributed by atoms with Gasteiger partial charge in [0.1, 0.15) is 47.8 Å². The van der Waals surface area contributed by atoms with Gasteiger partial charge >= 0.3 is 0 Å². The summed E-state index contributed by atoms with van der Waals surface area (Å²) in [5.74, 6) is -0.922. The molecule has 342 valence electrons. The van der Waals surface area contributed by atoms with E-state index in [4.69, 9.17) is 44.4 Å². The number of amides is 4. The molecule has 0 radical (unpaired) electrons. The minimum absolute atomic E-state index is 0.0319. The van der Waals surface area contributed by atoms with Crippen molar-refractivity contribution < 1.29 is 52.0 Å². The molecule has 2 aliphatic heterocycles. The SMILES string of the molecule is CCOc1cc2oc(-c3ccc(OCCOCCOCCOCCOc4cccc5c4C(=O)N(C4CCC(=O)NC4=O)C5=O)cc3Cl)cc(=O)c2cc1-c1cc(C#N)cc(-c2cccnc2)c1. The zero-order valence-corrected chi connectivity index (χ0v) is 37.0. The third kappa shape index (κ3) is 10.5. The third-order valence-electron chi connectivity index (χ3n) is 10.9.